The van der Waals surface area contributed by atoms with Crippen molar-refractivity contribution in [2.24, 2.45) is 5.14 Å². The number of aryl methyl sites for hydroxylation is 1. The fraction of sp³-hybridized carbons (Fsp3) is 0.143. The Hall–Kier alpha value is -2.23. The summed E-state index contributed by atoms with van der Waals surface area (Å²) in [6.45, 7) is 2.17. The summed E-state index contributed by atoms with van der Waals surface area (Å²) in [7, 11) is -3.91. The maximum atomic E-state index is 12.2. The number of pyridine rings is 1. The molecule has 0 saturated heterocycles. The molecule has 0 fully saturated rings. The number of hydrogen-bond donors (Lipinski definition) is 2. The monoisotopic (exact) mass is 350 g/mol. The van der Waals surface area contributed by atoms with Crippen LogP contribution in [0.5, 0.6) is 0 Å². The van der Waals surface area contributed by atoms with E-state index in [0.717, 1.165) is 22.5 Å². The van der Waals surface area contributed by atoms with Crippen LogP contribution in [0.2, 0.25) is 0 Å². The number of aromatic nitrogens is 2. The number of thiophene rings is 1. The first-order valence-corrected chi connectivity index (χ1v) is 9.10. The summed E-state index contributed by atoms with van der Waals surface area (Å²) in [5.74, 6) is -0.489. The molecule has 0 aliphatic rings. The van der Waals surface area contributed by atoms with Crippen molar-refractivity contribution in [2.45, 2.75) is 18.4 Å². The number of nitrogens with two attached hydrogens (primary N) is 1. The van der Waals surface area contributed by atoms with Crippen LogP contribution in [-0.2, 0) is 16.6 Å². The maximum absolute atomic E-state index is 12.2. The fourth-order valence-corrected chi connectivity index (χ4v) is 4.07. The van der Waals surface area contributed by atoms with Gasteiger partial charge >= 0.3 is 0 Å². The van der Waals surface area contributed by atoms with Crippen molar-refractivity contribution in [3.05, 3.63) is 52.1 Å². The van der Waals surface area contributed by atoms with Crippen LogP contribution >= 0.6 is 11.3 Å². The van der Waals surface area contributed by atoms with Crippen LogP contribution in [0, 0.1) is 6.92 Å². The Morgan fingerprint density at radius 3 is 2.87 bits per heavy atom. The van der Waals surface area contributed by atoms with Crippen molar-refractivity contribution in [1.29, 1.82) is 0 Å². The summed E-state index contributed by atoms with van der Waals surface area (Å²) in [6, 6.07) is 5.16. The molecule has 120 valence electrons. The van der Waals surface area contributed by atoms with E-state index in [1.54, 1.807) is 0 Å². The van der Waals surface area contributed by atoms with Gasteiger partial charge in [-0.15, -0.1) is 11.3 Å². The lowest BCUT2D eigenvalue weighted by Crippen LogP contribution is -2.25. The summed E-state index contributed by atoms with van der Waals surface area (Å²) in [5.41, 5.74) is 2.56. The Morgan fingerprint density at radius 1 is 1.35 bits per heavy atom. The van der Waals surface area contributed by atoms with Crippen molar-refractivity contribution < 1.29 is 13.2 Å². The van der Waals surface area contributed by atoms with E-state index in [9.17, 15) is 13.2 Å². The second kappa shape index (κ2) is 5.76. The minimum Gasteiger partial charge on any atom is -0.346 e. The Morgan fingerprint density at radius 2 is 2.13 bits per heavy atom. The van der Waals surface area contributed by atoms with Crippen LogP contribution in [0.4, 0.5) is 0 Å². The minimum absolute atomic E-state index is 0.0760. The van der Waals surface area contributed by atoms with E-state index in [0.29, 0.717) is 5.69 Å². The van der Waals surface area contributed by atoms with Crippen LogP contribution < -0.4 is 10.5 Å². The van der Waals surface area contributed by atoms with Gasteiger partial charge in [0.25, 0.3) is 5.91 Å². The smallest absolute Gasteiger partial charge is 0.263 e. The van der Waals surface area contributed by atoms with Gasteiger partial charge < -0.3 is 9.72 Å². The molecule has 0 radical (unpaired) electrons. The predicted molar refractivity (Wildman–Crippen MR) is 86.8 cm³/mol. The molecule has 23 heavy (non-hydrogen) atoms. The molecule has 3 rings (SSSR count). The molecule has 0 spiro atoms. The first-order chi connectivity index (χ1) is 10.8. The van der Waals surface area contributed by atoms with Crippen LogP contribution in [0.3, 0.4) is 0 Å². The summed E-state index contributed by atoms with van der Waals surface area (Å²) < 4.78 is 24.7. The van der Waals surface area contributed by atoms with Crippen LogP contribution in [0.1, 0.15) is 20.9 Å². The van der Waals surface area contributed by atoms with Gasteiger partial charge in [0.2, 0.25) is 10.0 Å². The molecule has 0 unspecified atom stereocenters. The van der Waals surface area contributed by atoms with Gasteiger partial charge in [-0.1, -0.05) is 6.07 Å². The lowest BCUT2D eigenvalue weighted by Gasteiger charge is -2.03. The molecule has 0 bridgehead atoms. The zero-order chi connectivity index (χ0) is 16.6. The van der Waals surface area contributed by atoms with Gasteiger partial charge in [0.1, 0.15) is 15.4 Å². The van der Waals surface area contributed by atoms with Crippen molar-refractivity contribution in [1.82, 2.24) is 14.7 Å². The highest BCUT2D eigenvalue weighted by Crippen LogP contribution is 2.20. The summed E-state index contributed by atoms with van der Waals surface area (Å²) >= 11 is 1.03. The van der Waals surface area contributed by atoms with Crippen LogP contribution in [0.15, 0.2) is 40.9 Å². The Kier molecular flexibility index (Phi) is 3.92. The zero-order valence-electron chi connectivity index (χ0n) is 12.2. The summed E-state index contributed by atoms with van der Waals surface area (Å²) in [5, 5.41) is 9.28. The first kappa shape index (κ1) is 15.7. The largest absolute Gasteiger partial charge is 0.346 e. The predicted octanol–water partition coefficient (Wildman–Crippen LogP) is 1.28. The van der Waals surface area contributed by atoms with E-state index in [4.69, 9.17) is 5.14 Å². The highest BCUT2D eigenvalue weighted by atomic mass is 32.2. The number of primary sulfonamides is 1. The van der Waals surface area contributed by atoms with E-state index in [1.807, 2.05) is 35.9 Å². The van der Waals surface area contributed by atoms with Gasteiger partial charge in [0.15, 0.2) is 0 Å². The Balaban J connectivity index is 1.77. The number of imidazole rings is 1. The van der Waals surface area contributed by atoms with E-state index in [2.05, 4.69) is 10.3 Å². The first-order valence-electron chi connectivity index (χ1n) is 6.67. The number of hydrogen-bond acceptors (Lipinski definition) is 5. The molecule has 1 amide bonds. The quantitative estimate of drug-likeness (QED) is 0.739. The topological polar surface area (TPSA) is 107 Å². The normalized spacial score (nSPS) is 11.7. The number of nitrogens with zero attached hydrogens (tertiary/aromatic N) is 2. The van der Waals surface area contributed by atoms with Gasteiger partial charge in [-0.05, 0) is 30.0 Å². The van der Waals surface area contributed by atoms with Gasteiger partial charge in [-0.2, -0.15) is 0 Å². The van der Waals surface area contributed by atoms with Crippen molar-refractivity contribution in [3.63, 3.8) is 0 Å². The second-order valence-electron chi connectivity index (χ2n) is 5.05. The third-order valence-electron chi connectivity index (χ3n) is 3.22. The van der Waals surface area contributed by atoms with Crippen molar-refractivity contribution in [3.8, 4) is 0 Å². The maximum Gasteiger partial charge on any atom is 0.263 e. The number of rotatable bonds is 4. The lowest BCUT2D eigenvalue weighted by molar-refractivity contribution is 0.0951. The van der Waals surface area contributed by atoms with Gasteiger partial charge in [0, 0.05) is 12.4 Å². The summed E-state index contributed by atoms with van der Waals surface area (Å²) in [4.78, 5) is 16.5. The third kappa shape index (κ3) is 3.26. The second-order valence-corrected chi connectivity index (χ2v) is 7.49. The molecule has 0 atom stereocenters. The Labute approximate surface area is 136 Å². The van der Waals surface area contributed by atoms with E-state index < -0.39 is 15.9 Å². The van der Waals surface area contributed by atoms with E-state index >= 15 is 0 Å². The molecule has 0 saturated carbocycles. The average Bonchev–Trinajstić information content (AvgIpc) is 3.10. The number of fused-ring (bicyclic) bond motifs is 1. The van der Waals surface area contributed by atoms with Crippen LogP contribution in [0.25, 0.3) is 5.65 Å². The molecule has 3 aromatic rings. The lowest BCUT2D eigenvalue weighted by atomic mass is 10.3. The summed E-state index contributed by atoms with van der Waals surface area (Å²) in [6.07, 6.45) is 3.75. The molecule has 9 heteroatoms. The molecule has 3 aromatic heterocycles. The molecular weight excluding hydrogens is 336 g/mol. The average molecular weight is 350 g/mol. The molecule has 3 N–H and O–H groups in total. The number of nitrogens with one attached hydrogen (secondary N) is 1. The highest BCUT2D eigenvalue weighted by Gasteiger charge is 2.20. The molecule has 7 nitrogen and oxygen atoms in total. The molecule has 0 aliphatic carbocycles. The number of sulfonamides is 1. The Bertz CT molecular complexity index is 989. The van der Waals surface area contributed by atoms with E-state index in [1.165, 1.54) is 11.4 Å². The number of amides is 1. The number of carbonyl (C=O) groups excluding carboxylic acids is 1. The zero-order valence-corrected chi connectivity index (χ0v) is 13.8. The molecule has 0 aliphatic heterocycles. The highest BCUT2D eigenvalue weighted by molar-refractivity contribution is 7.89. The van der Waals surface area contributed by atoms with E-state index in [-0.39, 0.29) is 16.3 Å². The van der Waals surface area contributed by atoms with Crippen molar-refractivity contribution >= 4 is 32.9 Å². The standard InChI is InChI=1S/C14H14N4O3S2/c1-9-2-3-12-17-10(8-18(12)7-9)6-16-14(19)13-11(4-5-22-13)23(15,20)21/h2-5,7-8H,6H2,1H3,(H,16,19)(H2,15,20,21). The van der Waals surface area contributed by atoms with Crippen LogP contribution in [-0.4, -0.2) is 23.7 Å². The fourth-order valence-electron chi connectivity index (χ4n) is 2.18. The van der Waals surface area contributed by atoms with Gasteiger partial charge in [-0.25, -0.2) is 18.5 Å². The molecule has 3 heterocycles. The number of carbonyl (C=O) groups is 1. The SMILES string of the molecule is Cc1ccc2nc(CNC(=O)c3sccc3S(N)(=O)=O)cn2c1. The molecule has 0 aromatic carbocycles. The van der Waals surface area contributed by atoms with Gasteiger partial charge in [-0.3, -0.25) is 4.79 Å². The van der Waals surface area contributed by atoms with Gasteiger partial charge in [0.05, 0.1) is 12.2 Å². The molecular formula is C14H14N4O3S2. The third-order valence-corrected chi connectivity index (χ3v) is 5.22. The minimum atomic E-state index is -3.91. The van der Waals surface area contributed by atoms with Crippen molar-refractivity contribution in [2.75, 3.05) is 0 Å².